The molecular weight excluding hydrogens is 337 g/mol. The number of carboxylic acid groups (broad SMARTS) is 1. The van der Waals surface area contributed by atoms with Gasteiger partial charge in [0.1, 0.15) is 5.75 Å². The van der Waals surface area contributed by atoms with Crippen molar-refractivity contribution < 1.29 is 32.9 Å². The molecule has 0 saturated heterocycles. The van der Waals surface area contributed by atoms with E-state index in [2.05, 4.69) is 0 Å². The van der Waals surface area contributed by atoms with Crippen LogP contribution in [0.25, 0.3) is 6.08 Å². The first kappa shape index (κ1) is 17.6. The van der Waals surface area contributed by atoms with Gasteiger partial charge in [0.25, 0.3) is 0 Å². The van der Waals surface area contributed by atoms with E-state index in [4.69, 9.17) is 21.4 Å². The number of carbonyl (C=O) groups is 1. The number of benzene rings is 1. The van der Waals surface area contributed by atoms with Gasteiger partial charge in [0.2, 0.25) is 6.10 Å². The van der Waals surface area contributed by atoms with Crippen LogP contribution in [0.1, 0.15) is 25.0 Å². The minimum atomic E-state index is -4.87. The molecule has 2 N–H and O–H groups in total. The van der Waals surface area contributed by atoms with Crippen LogP contribution in [0.2, 0.25) is 5.02 Å². The second kappa shape index (κ2) is 5.72. The zero-order valence-corrected chi connectivity index (χ0v) is 13.0. The average molecular weight is 351 g/mol. The summed E-state index contributed by atoms with van der Waals surface area (Å²) in [7, 11) is 0. The number of carboxylic acids is 1. The molecule has 0 saturated carbocycles. The molecule has 0 fully saturated rings. The number of rotatable bonds is 3. The molecule has 4 nitrogen and oxygen atoms in total. The van der Waals surface area contributed by atoms with Gasteiger partial charge in [0.05, 0.1) is 12.2 Å². The fourth-order valence-corrected chi connectivity index (χ4v) is 2.67. The van der Waals surface area contributed by atoms with E-state index >= 15 is 0 Å². The topological polar surface area (TPSA) is 66.8 Å². The lowest BCUT2D eigenvalue weighted by Gasteiger charge is -2.30. The molecule has 1 heterocycles. The monoisotopic (exact) mass is 350 g/mol. The lowest BCUT2D eigenvalue weighted by molar-refractivity contribution is -0.187. The molecule has 0 bridgehead atoms. The quantitative estimate of drug-likeness (QED) is 0.876. The van der Waals surface area contributed by atoms with Crippen molar-refractivity contribution in [3.8, 4) is 5.75 Å². The van der Waals surface area contributed by atoms with Crippen molar-refractivity contribution >= 4 is 23.6 Å². The smallest absolute Gasteiger partial charge is 0.430 e. The number of hydrogen-bond acceptors (Lipinski definition) is 3. The summed E-state index contributed by atoms with van der Waals surface area (Å²) in [6, 6.07) is 2.64. The molecule has 1 unspecified atom stereocenters. The summed E-state index contributed by atoms with van der Waals surface area (Å²) < 4.78 is 44.0. The lowest BCUT2D eigenvalue weighted by Crippen LogP contribution is -2.40. The van der Waals surface area contributed by atoms with Gasteiger partial charge in [-0.2, -0.15) is 13.2 Å². The standard InChI is InChI=1S/C15H14ClF3O4/c1-14(2,6-20)9-5-11-7(4-10(9)16)3-8(13(21)22)12(23-11)15(17,18)19/h3-5,12,20H,6H2,1-2H3,(H,21,22). The highest BCUT2D eigenvalue weighted by atomic mass is 35.5. The summed E-state index contributed by atoms with van der Waals surface area (Å²) in [6.07, 6.45) is -6.52. The summed E-state index contributed by atoms with van der Waals surface area (Å²) in [5.41, 5.74) is -1.14. The second-order valence-electron chi connectivity index (χ2n) is 5.86. The van der Waals surface area contributed by atoms with Crippen molar-refractivity contribution in [2.24, 2.45) is 0 Å². The van der Waals surface area contributed by atoms with Crippen LogP contribution in [0.4, 0.5) is 13.2 Å². The Morgan fingerprint density at radius 2 is 1.96 bits per heavy atom. The van der Waals surface area contributed by atoms with Gasteiger partial charge in [-0.1, -0.05) is 25.4 Å². The number of aliphatic hydroxyl groups excluding tert-OH is 1. The number of aliphatic carboxylic acids is 1. The average Bonchev–Trinajstić information content (AvgIpc) is 2.43. The molecular formula is C15H14ClF3O4. The van der Waals surface area contributed by atoms with Crippen LogP contribution in [0.3, 0.4) is 0 Å². The maximum absolute atomic E-state index is 13.0. The van der Waals surface area contributed by atoms with Crippen molar-refractivity contribution in [3.05, 3.63) is 33.9 Å². The second-order valence-corrected chi connectivity index (χ2v) is 6.26. The minimum Gasteiger partial charge on any atom is -0.478 e. The first-order valence-corrected chi connectivity index (χ1v) is 6.98. The highest BCUT2D eigenvalue weighted by Crippen LogP contribution is 2.41. The van der Waals surface area contributed by atoms with Crippen LogP contribution in [0.5, 0.6) is 5.75 Å². The lowest BCUT2D eigenvalue weighted by atomic mass is 9.84. The Balaban J connectivity index is 2.61. The molecule has 0 amide bonds. The zero-order chi connectivity index (χ0) is 17.6. The van der Waals surface area contributed by atoms with Gasteiger partial charge in [0, 0.05) is 16.0 Å². The third-order valence-electron chi connectivity index (χ3n) is 3.61. The number of alkyl halides is 3. The van der Waals surface area contributed by atoms with Gasteiger partial charge < -0.3 is 14.9 Å². The van der Waals surface area contributed by atoms with Crippen molar-refractivity contribution in [2.45, 2.75) is 31.5 Å². The highest BCUT2D eigenvalue weighted by Gasteiger charge is 2.48. The Morgan fingerprint density at radius 1 is 1.35 bits per heavy atom. The van der Waals surface area contributed by atoms with Crippen LogP contribution < -0.4 is 4.74 Å². The van der Waals surface area contributed by atoms with Gasteiger partial charge in [0.15, 0.2) is 0 Å². The molecule has 1 aromatic rings. The van der Waals surface area contributed by atoms with Crippen molar-refractivity contribution in [3.63, 3.8) is 0 Å². The minimum absolute atomic E-state index is 0.127. The Bertz CT molecular complexity index is 680. The van der Waals surface area contributed by atoms with Crippen LogP contribution >= 0.6 is 11.6 Å². The van der Waals surface area contributed by atoms with Crippen LogP contribution in [-0.2, 0) is 10.2 Å². The molecule has 23 heavy (non-hydrogen) atoms. The first-order chi connectivity index (χ1) is 10.5. The third-order valence-corrected chi connectivity index (χ3v) is 3.92. The molecule has 1 aliphatic heterocycles. The number of aliphatic hydroxyl groups is 1. The van der Waals surface area contributed by atoms with E-state index in [1.54, 1.807) is 13.8 Å². The summed E-state index contributed by atoms with van der Waals surface area (Å²) >= 11 is 6.11. The predicted octanol–water partition coefficient (Wildman–Crippen LogP) is 3.40. The molecule has 0 spiro atoms. The Hall–Kier alpha value is -1.73. The third kappa shape index (κ3) is 3.30. The van der Waals surface area contributed by atoms with Gasteiger partial charge in [-0.15, -0.1) is 0 Å². The molecule has 126 valence electrons. The van der Waals surface area contributed by atoms with E-state index in [0.717, 1.165) is 6.08 Å². The van der Waals surface area contributed by atoms with E-state index in [1.165, 1.54) is 12.1 Å². The van der Waals surface area contributed by atoms with E-state index in [9.17, 15) is 23.1 Å². The zero-order valence-electron chi connectivity index (χ0n) is 12.2. The van der Waals surface area contributed by atoms with Crippen molar-refractivity contribution in [1.82, 2.24) is 0 Å². The van der Waals surface area contributed by atoms with Gasteiger partial charge in [-0.25, -0.2) is 4.79 Å². The van der Waals surface area contributed by atoms with E-state index in [1.807, 2.05) is 0 Å². The molecule has 1 aromatic carbocycles. The van der Waals surface area contributed by atoms with Crippen LogP contribution in [0, 0.1) is 0 Å². The summed E-state index contributed by atoms with van der Waals surface area (Å²) in [4.78, 5) is 11.1. The SMILES string of the molecule is CC(C)(CO)c1cc2c(cc1Cl)C=C(C(=O)O)C(C(F)(F)F)O2. The normalized spacial score (nSPS) is 18.0. The summed E-state index contributed by atoms with van der Waals surface area (Å²) in [5, 5.41) is 18.6. The van der Waals surface area contributed by atoms with Crippen LogP contribution in [-0.4, -0.2) is 35.1 Å². The van der Waals surface area contributed by atoms with E-state index in [-0.39, 0.29) is 22.9 Å². The molecule has 0 radical (unpaired) electrons. The summed E-state index contributed by atoms with van der Waals surface area (Å²) in [5.74, 6) is -1.84. The van der Waals surface area contributed by atoms with E-state index in [0.29, 0.717) is 5.56 Å². The summed E-state index contributed by atoms with van der Waals surface area (Å²) in [6.45, 7) is 3.07. The first-order valence-electron chi connectivity index (χ1n) is 6.60. The fourth-order valence-electron chi connectivity index (χ4n) is 2.24. The maximum Gasteiger partial charge on any atom is 0.430 e. The maximum atomic E-state index is 13.0. The number of halogens is 4. The molecule has 2 rings (SSSR count). The number of hydrogen-bond donors (Lipinski definition) is 2. The molecule has 0 aromatic heterocycles. The van der Waals surface area contributed by atoms with Gasteiger partial charge in [-0.05, 0) is 23.8 Å². The van der Waals surface area contributed by atoms with E-state index < -0.39 is 29.2 Å². The molecule has 0 aliphatic carbocycles. The number of ether oxygens (including phenoxy) is 1. The number of fused-ring (bicyclic) bond motifs is 1. The Labute approximate surface area is 135 Å². The molecule has 1 atom stereocenters. The van der Waals surface area contributed by atoms with Gasteiger partial charge >= 0.3 is 12.1 Å². The van der Waals surface area contributed by atoms with Crippen molar-refractivity contribution in [2.75, 3.05) is 6.61 Å². The van der Waals surface area contributed by atoms with Gasteiger partial charge in [-0.3, -0.25) is 0 Å². The van der Waals surface area contributed by atoms with Crippen molar-refractivity contribution in [1.29, 1.82) is 0 Å². The highest BCUT2D eigenvalue weighted by molar-refractivity contribution is 6.31. The largest absolute Gasteiger partial charge is 0.478 e. The van der Waals surface area contributed by atoms with Crippen LogP contribution in [0.15, 0.2) is 17.7 Å². The molecule has 1 aliphatic rings. The Kier molecular flexibility index (Phi) is 4.38. The fraction of sp³-hybridized carbons (Fsp3) is 0.400. The molecule has 8 heteroatoms. The predicted molar refractivity (Wildman–Crippen MR) is 77.6 cm³/mol. The Morgan fingerprint density at radius 3 is 2.43 bits per heavy atom.